The largest absolute Gasteiger partial charge is 0.296 e. The molecule has 1 aliphatic carbocycles. The van der Waals surface area contributed by atoms with Gasteiger partial charge in [-0.15, -0.1) is 0 Å². The molecule has 0 radical (unpaired) electrons. The van der Waals surface area contributed by atoms with E-state index in [1.807, 2.05) is 18.2 Å². The summed E-state index contributed by atoms with van der Waals surface area (Å²) in [6, 6.07) is 10.3. The molecule has 1 N–H and O–H groups in total. The Morgan fingerprint density at radius 2 is 1.73 bits per heavy atom. The van der Waals surface area contributed by atoms with Crippen molar-refractivity contribution < 1.29 is 8.42 Å². The van der Waals surface area contributed by atoms with Gasteiger partial charge in [0.1, 0.15) is 0 Å². The molecule has 22 heavy (non-hydrogen) atoms. The van der Waals surface area contributed by atoms with Gasteiger partial charge in [0.15, 0.2) is 0 Å². The van der Waals surface area contributed by atoms with E-state index < -0.39 is 10.0 Å². The molecule has 1 saturated carbocycles. The third-order valence-corrected chi connectivity index (χ3v) is 6.57. The first-order chi connectivity index (χ1) is 10.6. The molecule has 0 aromatic heterocycles. The van der Waals surface area contributed by atoms with Gasteiger partial charge >= 0.3 is 0 Å². The van der Waals surface area contributed by atoms with Gasteiger partial charge in [-0.3, -0.25) is 4.90 Å². The maximum atomic E-state index is 12.4. The van der Waals surface area contributed by atoms with Crippen LogP contribution in [0.4, 0.5) is 0 Å². The van der Waals surface area contributed by atoms with E-state index in [0.29, 0.717) is 6.54 Å². The van der Waals surface area contributed by atoms with Gasteiger partial charge < -0.3 is 0 Å². The summed E-state index contributed by atoms with van der Waals surface area (Å²) in [5.74, 6) is 0. The predicted molar refractivity (Wildman–Crippen MR) is 91.3 cm³/mol. The van der Waals surface area contributed by atoms with Crippen molar-refractivity contribution in [2.75, 3.05) is 19.6 Å². The van der Waals surface area contributed by atoms with Crippen molar-refractivity contribution in [2.24, 2.45) is 0 Å². The molecule has 1 atom stereocenters. The van der Waals surface area contributed by atoms with E-state index in [1.54, 1.807) is 0 Å². The minimum Gasteiger partial charge on any atom is -0.296 e. The van der Waals surface area contributed by atoms with Crippen LogP contribution in [0.5, 0.6) is 0 Å². The van der Waals surface area contributed by atoms with Crippen LogP contribution in [0.25, 0.3) is 0 Å². The highest BCUT2D eigenvalue weighted by Crippen LogP contribution is 2.25. The summed E-state index contributed by atoms with van der Waals surface area (Å²) in [4.78, 5) is 2.30. The van der Waals surface area contributed by atoms with Gasteiger partial charge in [0.2, 0.25) is 10.0 Å². The van der Waals surface area contributed by atoms with Crippen molar-refractivity contribution >= 4 is 10.0 Å². The van der Waals surface area contributed by atoms with E-state index in [2.05, 4.69) is 35.6 Å². The Morgan fingerprint density at radius 1 is 1.14 bits per heavy atom. The maximum Gasteiger partial charge on any atom is 0.214 e. The first-order valence-corrected chi connectivity index (χ1v) is 9.90. The Kier molecular flexibility index (Phi) is 6.41. The number of hydrogen-bond donors (Lipinski definition) is 1. The summed E-state index contributed by atoms with van der Waals surface area (Å²) in [7, 11) is -3.19. The summed E-state index contributed by atoms with van der Waals surface area (Å²) in [5.41, 5.74) is 1.17. The van der Waals surface area contributed by atoms with Gasteiger partial charge in [0, 0.05) is 12.6 Å². The first-order valence-electron chi connectivity index (χ1n) is 8.36. The molecule has 1 aromatic carbocycles. The molecule has 0 amide bonds. The third kappa shape index (κ3) is 4.31. The van der Waals surface area contributed by atoms with E-state index in [9.17, 15) is 8.42 Å². The van der Waals surface area contributed by atoms with Crippen LogP contribution < -0.4 is 4.72 Å². The molecule has 0 saturated heterocycles. The molecule has 4 nitrogen and oxygen atoms in total. The Morgan fingerprint density at radius 3 is 2.27 bits per heavy atom. The third-order valence-electron chi connectivity index (χ3n) is 4.66. The fourth-order valence-corrected chi connectivity index (χ4v) is 4.89. The molecule has 5 heteroatoms. The molecule has 1 aromatic rings. The molecule has 124 valence electrons. The first kappa shape index (κ1) is 17.4. The molecule has 1 aliphatic rings. The Bertz CT molecular complexity index is 535. The highest BCUT2D eigenvalue weighted by atomic mass is 32.2. The second-order valence-corrected chi connectivity index (χ2v) is 7.99. The van der Waals surface area contributed by atoms with Gasteiger partial charge in [0.25, 0.3) is 0 Å². The number of sulfonamides is 1. The van der Waals surface area contributed by atoms with Crippen LogP contribution in [0.2, 0.25) is 0 Å². The molecular formula is C17H28N2O2S. The second kappa shape index (κ2) is 8.09. The lowest BCUT2D eigenvalue weighted by molar-refractivity contribution is 0.220. The molecule has 0 heterocycles. The lowest BCUT2D eigenvalue weighted by Gasteiger charge is -2.30. The quantitative estimate of drug-likeness (QED) is 0.800. The predicted octanol–water partition coefficient (Wildman–Crippen LogP) is 2.93. The maximum absolute atomic E-state index is 12.4. The zero-order valence-electron chi connectivity index (χ0n) is 13.7. The van der Waals surface area contributed by atoms with Crippen LogP contribution in [0.15, 0.2) is 30.3 Å². The van der Waals surface area contributed by atoms with Crippen molar-refractivity contribution in [1.29, 1.82) is 0 Å². The van der Waals surface area contributed by atoms with E-state index in [1.165, 1.54) is 5.56 Å². The molecule has 0 bridgehead atoms. The summed E-state index contributed by atoms with van der Waals surface area (Å²) in [6.45, 7) is 6.49. The fraction of sp³-hybridized carbons (Fsp3) is 0.647. The summed E-state index contributed by atoms with van der Waals surface area (Å²) in [5, 5.41) is -0.194. The van der Waals surface area contributed by atoms with E-state index >= 15 is 0 Å². The number of nitrogens with one attached hydrogen (secondary N) is 1. The molecule has 1 unspecified atom stereocenters. The summed E-state index contributed by atoms with van der Waals surface area (Å²) >= 11 is 0. The number of likely N-dealkylation sites (N-methyl/N-ethyl adjacent to an activating group) is 1. The van der Waals surface area contributed by atoms with Gasteiger partial charge in [-0.1, -0.05) is 57.0 Å². The Balaban J connectivity index is 2.10. The summed E-state index contributed by atoms with van der Waals surface area (Å²) < 4.78 is 27.8. The monoisotopic (exact) mass is 324 g/mol. The highest BCUT2D eigenvalue weighted by molar-refractivity contribution is 7.90. The molecule has 0 aliphatic heterocycles. The summed E-state index contributed by atoms with van der Waals surface area (Å²) in [6.07, 6.45) is 3.67. The van der Waals surface area contributed by atoms with E-state index in [4.69, 9.17) is 0 Å². The van der Waals surface area contributed by atoms with Crippen LogP contribution in [-0.4, -0.2) is 38.2 Å². The normalized spacial score (nSPS) is 18.0. The van der Waals surface area contributed by atoms with Crippen LogP contribution in [0, 0.1) is 0 Å². The minimum absolute atomic E-state index is 0.0902. The van der Waals surface area contributed by atoms with E-state index in [-0.39, 0.29) is 11.3 Å². The van der Waals surface area contributed by atoms with E-state index in [0.717, 1.165) is 38.8 Å². The molecule has 0 spiro atoms. The minimum atomic E-state index is -3.19. The van der Waals surface area contributed by atoms with Crippen LogP contribution in [0.3, 0.4) is 0 Å². The standard InChI is InChI=1S/C17H28N2O2S/c1-3-19(4-2)17(15-10-6-5-7-11-15)14-18-22(20,21)16-12-8-9-13-16/h5-7,10-11,16-18H,3-4,8-9,12-14H2,1-2H3. The van der Waals surface area contributed by atoms with Crippen molar-refractivity contribution in [3.8, 4) is 0 Å². The van der Waals surface area contributed by atoms with Crippen molar-refractivity contribution in [1.82, 2.24) is 9.62 Å². The molecule has 1 fully saturated rings. The zero-order chi connectivity index (χ0) is 16.0. The van der Waals surface area contributed by atoms with Gasteiger partial charge in [0.05, 0.1) is 5.25 Å². The number of benzene rings is 1. The van der Waals surface area contributed by atoms with Gasteiger partial charge in [-0.2, -0.15) is 0 Å². The SMILES string of the molecule is CCN(CC)C(CNS(=O)(=O)C1CCCC1)c1ccccc1. The molecule has 2 rings (SSSR count). The number of hydrogen-bond acceptors (Lipinski definition) is 3. The smallest absolute Gasteiger partial charge is 0.214 e. The number of nitrogens with zero attached hydrogens (tertiary/aromatic N) is 1. The highest BCUT2D eigenvalue weighted by Gasteiger charge is 2.29. The average Bonchev–Trinajstić information content (AvgIpc) is 3.07. The fourth-order valence-electron chi connectivity index (χ4n) is 3.31. The van der Waals surface area contributed by atoms with Crippen molar-refractivity contribution in [3.05, 3.63) is 35.9 Å². The van der Waals surface area contributed by atoms with Gasteiger partial charge in [-0.25, -0.2) is 13.1 Å². The van der Waals surface area contributed by atoms with Crippen molar-refractivity contribution in [2.45, 2.75) is 50.8 Å². The van der Waals surface area contributed by atoms with Crippen LogP contribution in [0.1, 0.15) is 51.1 Å². The lowest BCUT2D eigenvalue weighted by Crippen LogP contribution is -2.40. The second-order valence-electron chi connectivity index (χ2n) is 5.95. The number of rotatable bonds is 8. The Labute approximate surface area is 135 Å². The average molecular weight is 324 g/mol. The molecular weight excluding hydrogens is 296 g/mol. The lowest BCUT2D eigenvalue weighted by atomic mass is 10.1. The van der Waals surface area contributed by atoms with Gasteiger partial charge in [-0.05, 0) is 31.5 Å². The van der Waals surface area contributed by atoms with Crippen molar-refractivity contribution in [3.63, 3.8) is 0 Å². The topological polar surface area (TPSA) is 49.4 Å². The zero-order valence-corrected chi connectivity index (χ0v) is 14.5. The Hall–Kier alpha value is -0.910. The van der Waals surface area contributed by atoms with Crippen LogP contribution >= 0.6 is 0 Å². The van der Waals surface area contributed by atoms with Crippen LogP contribution in [-0.2, 0) is 10.0 Å².